The average molecular weight is 367 g/mol. The lowest BCUT2D eigenvalue weighted by atomic mass is 10.00. The fourth-order valence-corrected chi connectivity index (χ4v) is 4.43. The van der Waals surface area contributed by atoms with Gasteiger partial charge in [-0.2, -0.15) is 0 Å². The summed E-state index contributed by atoms with van der Waals surface area (Å²) in [6.45, 7) is 2.50. The molecule has 2 aromatic heterocycles. The van der Waals surface area contributed by atoms with Crippen LogP contribution in [-0.2, 0) is 13.0 Å². The molecule has 0 aliphatic carbocycles. The lowest BCUT2D eigenvalue weighted by Gasteiger charge is -2.11. The molecule has 0 fully saturated rings. The molecule has 1 aliphatic rings. The van der Waals surface area contributed by atoms with Gasteiger partial charge in [-0.15, -0.1) is 11.3 Å². The Labute approximate surface area is 153 Å². The molecular weight excluding hydrogens is 352 g/mol. The summed E-state index contributed by atoms with van der Waals surface area (Å²) >= 11 is 1.59. The van der Waals surface area contributed by atoms with Crippen molar-refractivity contribution in [3.05, 3.63) is 58.9 Å². The first-order valence-corrected chi connectivity index (χ1v) is 9.39. The molecule has 130 valence electrons. The molecule has 0 saturated carbocycles. The number of hydrogen-bond acceptors (Lipinski definition) is 3. The second kappa shape index (κ2) is 5.71. The van der Waals surface area contributed by atoms with E-state index in [1.165, 1.54) is 6.07 Å². The van der Waals surface area contributed by atoms with Crippen LogP contribution in [0.2, 0.25) is 0 Å². The highest BCUT2D eigenvalue weighted by molar-refractivity contribution is 7.16. The van der Waals surface area contributed by atoms with E-state index in [1.54, 1.807) is 24.3 Å². The van der Waals surface area contributed by atoms with Gasteiger partial charge >= 0.3 is 0 Å². The fourth-order valence-electron chi connectivity index (χ4n) is 3.72. The smallest absolute Gasteiger partial charge is 0.162 e. The first-order valence-electron chi connectivity index (χ1n) is 8.51. The molecule has 6 heteroatoms. The van der Waals surface area contributed by atoms with E-state index in [0.717, 1.165) is 52.4 Å². The van der Waals surface area contributed by atoms with Crippen LogP contribution in [-0.4, -0.2) is 14.5 Å². The summed E-state index contributed by atoms with van der Waals surface area (Å²) in [6, 6.07) is 8.94. The fraction of sp³-hybridized carbons (Fsp3) is 0.200. The molecule has 26 heavy (non-hydrogen) atoms. The van der Waals surface area contributed by atoms with Crippen molar-refractivity contribution in [3.63, 3.8) is 0 Å². The average Bonchev–Trinajstić information content (AvgIpc) is 3.34. The standard InChI is InChI=1S/C20H15F2N3S/c1-11-13(5-6-14(21)18(11)22)19-20(25-8-2-3-17(25)24-19)12-4-7-15-16(9-12)26-10-23-15/h4-7,9-10H,2-3,8H2,1H3. The zero-order chi connectivity index (χ0) is 17.8. The number of benzene rings is 2. The highest BCUT2D eigenvalue weighted by Gasteiger charge is 2.25. The van der Waals surface area contributed by atoms with Gasteiger partial charge in [0.15, 0.2) is 11.6 Å². The molecule has 0 atom stereocenters. The lowest BCUT2D eigenvalue weighted by molar-refractivity contribution is 0.503. The van der Waals surface area contributed by atoms with Gasteiger partial charge in [-0.1, -0.05) is 6.07 Å². The van der Waals surface area contributed by atoms with Crippen LogP contribution in [0.4, 0.5) is 8.78 Å². The van der Waals surface area contributed by atoms with E-state index >= 15 is 0 Å². The van der Waals surface area contributed by atoms with Crippen molar-refractivity contribution in [2.24, 2.45) is 0 Å². The zero-order valence-corrected chi connectivity index (χ0v) is 14.9. The topological polar surface area (TPSA) is 30.7 Å². The maximum absolute atomic E-state index is 14.2. The van der Waals surface area contributed by atoms with Crippen LogP contribution < -0.4 is 0 Å². The summed E-state index contributed by atoms with van der Waals surface area (Å²) < 4.78 is 31.1. The van der Waals surface area contributed by atoms with Gasteiger partial charge in [0.05, 0.1) is 27.1 Å². The Balaban J connectivity index is 1.79. The van der Waals surface area contributed by atoms with E-state index < -0.39 is 11.6 Å². The van der Waals surface area contributed by atoms with Crippen molar-refractivity contribution >= 4 is 21.6 Å². The Morgan fingerprint density at radius 2 is 2.04 bits per heavy atom. The predicted octanol–water partition coefficient (Wildman–Crippen LogP) is 5.36. The number of aryl methyl sites for hydroxylation is 1. The maximum atomic E-state index is 14.2. The molecule has 2 aromatic carbocycles. The Bertz CT molecular complexity index is 1160. The summed E-state index contributed by atoms with van der Waals surface area (Å²) in [7, 11) is 0. The van der Waals surface area contributed by atoms with Crippen LogP contribution in [0.15, 0.2) is 35.8 Å². The summed E-state index contributed by atoms with van der Waals surface area (Å²) in [5.41, 5.74) is 6.45. The van der Waals surface area contributed by atoms with Crippen LogP contribution in [0.25, 0.3) is 32.7 Å². The normalized spacial score (nSPS) is 13.5. The quantitative estimate of drug-likeness (QED) is 0.477. The SMILES string of the molecule is Cc1c(-c2nc3n(c2-c2ccc4ncsc4c2)CCC3)ccc(F)c1F. The van der Waals surface area contributed by atoms with Crippen LogP contribution >= 0.6 is 11.3 Å². The van der Waals surface area contributed by atoms with Gasteiger partial charge in [0, 0.05) is 24.1 Å². The van der Waals surface area contributed by atoms with E-state index in [0.29, 0.717) is 11.1 Å². The van der Waals surface area contributed by atoms with E-state index in [9.17, 15) is 8.78 Å². The lowest BCUT2D eigenvalue weighted by Crippen LogP contribution is -1.98. The number of hydrogen-bond donors (Lipinski definition) is 0. The molecule has 1 aliphatic heterocycles. The number of halogens is 2. The van der Waals surface area contributed by atoms with Gasteiger partial charge in [-0.3, -0.25) is 0 Å². The monoisotopic (exact) mass is 367 g/mol. The minimum Gasteiger partial charge on any atom is -0.327 e. The van der Waals surface area contributed by atoms with Gasteiger partial charge in [-0.05, 0) is 43.2 Å². The second-order valence-electron chi connectivity index (χ2n) is 6.55. The van der Waals surface area contributed by atoms with E-state index in [2.05, 4.69) is 15.6 Å². The Hall–Kier alpha value is -2.60. The number of imidazole rings is 1. The summed E-state index contributed by atoms with van der Waals surface area (Å²) in [5.74, 6) is -0.631. The second-order valence-corrected chi connectivity index (χ2v) is 7.44. The first-order chi connectivity index (χ1) is 12.6. The van der Waals surface area contributed by atoms with Gasteiger partial charge in [0.2, 0.25) is 0 Å². The minimum atomic E-state index is -0.828. The maximum Gasteiger partial charge on any atom is 0.162 e. The molecule has 3 nitrogen and oxygen atoms in total. The van der Waals surface area contributed by atoms with Crippen molar-refractivity contribution < 1.29 is 8.78 Å². The highest BCUT2D eigenvalue weighted by atomic mass is 32.1. The van der Waals surface area contributed by atoms with Crippen molar-refractivity contribution in [3.8, 4) is 22.5 Å². The molecule has 0 radical (unpaired) electrons. The molecule has 0 N–H and O–H groups in total. The third-order valence-corrected chi connectivity index (χ3v) is 5.82. The van der Waals surface area contributed by atoms with Gasteiger partial charge in [-0.25, -0.2) is 18.7 Å². The number of fused-ring (bicyclic) bond motifs is 2. The van der Waals surface area contributed by atoms with Crippen LogP contribution in [0.5, 0.6) is 0 Å². The first kappa shape index (κ1) is 15.6. The van der Waals surface area contributed by atoms with Gasteiger partial charge in [0.1, 0.15) is 5.82 Å². The molecule has 0 unspecified atom stereocenters. The third-order valence-electron chi connectivity index (χ3n) is 5.03. The van der Waals surface area contributed by atoms with Crippen molar-refractivity contribution in [2.75, 3.05) is 0 Å². The number of nitrogens with zero attached hydrogens (tertiary/aromatic N) is 3. The predicted molar refractivity (Wildman–Crippen MR) is 99.3 cm³/mol. The molecule has 5 rings (SSSR count). The Morgan fingerprint density at radius 1 is 1.15 bits per heavy atom. The Morgan fingerprint density at radius 3 is 2.92 bits per heavy atom. The van der Waals surface area contributed by atoms with Crippen molar-refractivity contribution in [2.45, 2.75) is 26.3 Å². The summed E-state index contributed by atoms with van der Waals surface area (Å²) in [5, 5.41) is 0. The van der Waals surface area contributed by atoms with E-state index in [4.69, 9.17) is 4.98 Å². The number of aromatic nitrogens is 3. The largest absolute Gasteiger partial charge is 0.327 e. The highest BCUT2D eigenvalue weighted by Crippen LogP contribution is 2.38. The zero-order valence-electron chi connectivity index (χ0n) is 14.1. The Kier molecular flexibility index (Phi) is 3.43. The van der Waals surface area contributed by atoms with Gasteiger partial charge < -0.3 is 4.57 Å². The molecular formula is C20H15F2N3S. The summed E-state index contributed by atoms with van der Waals surface area (Å²) in [4.78, 5) is 9.13. The van der Waals surface area contributed by atoms with Crippen LogP contribution in [0.3, 0.4) is 0 Å². The third kappa shape index (κ3) is 2.22. The molecule has 3 heterocycles. The van der Waals surface area contributed by atoms with E-state index in [1.807, 2.05) is 17.6 Å². The minimum absolute atomic E-state index is 0.293. The molecule has 0 saturated heterocycles. The van der Waals surface area contributed by atoms with E-state index in [-0.39, 0.29) is 0 Å². The van der Waals surface area contributed by atoms with Gasteiger partial charge in [0.25, 0.3) is 0 Å². The van der Waals surface area contributed by atoms with Crippen LogP contribution in [0.1, 0.15) is 17.8 Å². The molecule has 0 amide bonds. The van der Waals surface area contributed by atoms with Crippen LogP contribution in [0, 0.1) is 18.6 Å². The van der Waals surface area contributed by atoms with Crippen molar-refractivity contribution in [1.29, 1.82) is 0 Å². The summed E-state index contributed by atoms with van der Waals surface area (Å²) in [6.07, 6.45) is 1.95. The number of rotatable bonds is 2. The number of thiazole rings is 1. The molecule has 4 aromatic rings. The molecule has 0 spiro atoms. The van der Waals surface area contributed by atoms with Crippen molar-refractivity contribution in [1.82, 2.24) is 14.5 Å². The molecule has 0 bridgehead atoms.